The zero-order chi connectivity index (χ0) is 13.9. The van der Waals surface area contributed by atoms with Crippen LogP contribution in [0.4, 0.5) is 0 Å². The third-order valence-electron chi connectivity index (χ3n) is 3.07. The maximum atomic E-state index is 11.4. The Morgan fingerprint density at radius 1 is 1.47 bits per heavy atom. The van der Waals surface area contributed by atoms with E-state index in [0.717, 1.165) is 5.56 Å². The summed E-state index contributed by atoms with van der Waals surface area (Å²) in [6.45, 7) is 1.52. The summed E-state index contributed by atoms with van der Waals surface area (Å²) < 4.78 is 22.7. The summed E-state index contributed by atoms with van der Waals surface area (Å²) in [4.78, 5) is 6.10. The van der Waals surface area contributed by atoms with Gasteiger partial charge < -0.3 is 10.9 Å². The Bertz CT molecular complexity index is 571. The maximum absolute atomic E-state index is 11.4. The molecule has 0 amide bonds. The Morgan fingerprint density at radius 2 is 2.16 bits per heavy atom. The molecule has 0 spiro atoms. The molecule has 1 saturated heterocycles. The second-order valence-electron chi connectivity index (χ2n) is 4.42. The monoisotopic (exact) mass is 284 g/mol. The standard InChI is InChI=1S/C11H16N4O3S/c12-11(14-16)10-9(2-1-3-13-10)8-15-4-6-19(17,18)7-5-15/h1-3,16H,4-8H2,(H2,12,14). The molecule has 0 aliphatic carbocycles. The summed E-state index contributed by atoms with van der Waals surface area (Å²) in [5.74, 6) is 0.304. The molecule has 1 aliphatic rings. The molecule has 0 bridgehead atoms. The Balaban J connectivity index is 2.12. The van der Waals surface area contributed by atoms with Gasteiger partial charge in [0.25, 0.3) is 0 Å². The van der Waals surface area contributed by atoms with Gasteiger partial charge in [-0.3, -0.25) is 9.88 Å². The summed E-state index contributed by atoms with van der Waals surface area (Å²) in [6.07, 6.45) is 1.57. The molecule has 0 saturated carbocycles. The maximum Gasteiger partial charge on any atom is 0.189 e. The van der Waals surface area contributed by atoms with Gasteiger partial charge in [0.2, 0.25) is 0 Å². The minimum Gasteiger partial charge on any atom is -0.409 e. The average Bonchev–Trinajstić information content (AvgIpc) is 2.41. The van der Waals surface area contributed by atoms with E-state index >= 15 is 0 Å². The minimum atomic E-state index is -2.88. The van der Waals surface area contributed by atoms with Crippen molar-refractivity contribution in [1.29, 1.82) is 0 Å². The van der Waals surface area contributed by atoms with Crippen molar-refractivity contribution in [2.24, 2.45) is 10.9 Å². The van der Waals surface area contributed by atoms with Crippen LogP contribution in [0.25, 0.3) is 0 Å². The van der Waals surface area contributed by atoms with E-state index in [0.29, 0.717) is 25.3 Å². The minimum absolute atomic E-state index is 0.0415. The Morgan fingerprint density at radius 3 is 2.79 bits per heavy atom. The topological polar surface area (TPSA) is 109 Å². The summed E-state index contributed by atoms with van der Waals surface area (Å²) in [5.41, 5.74) is 6.81. The van der Waals surface area contributed by atoms with Gasteiger partial charge in [-0.1, -0.05) is 11.2 Å². The van der Waals surface area contributed by atoms with Crippen molar-refractivity contribution in [3.63, 3.8) is 0 Å². The van der Waals surface area contributed by atoms with Gasteiger partial charge in [0.05, 0.1) is 11.5 Å². The molecule has 2 heterocycles. The number of amidine groups is 1. The lowest BCUT2D eigenvalue weighted by molar-refractivity contribution is 0.287. The second kappa shape index (κ2) is 5.54. The van der Waals surface area contributed by atoms with Gasteiger partial charge in [-0.05, 0) is 11.6 Å². The molecule has 0 radical (unpaired) electrons. The number of aromatic nitrogens is 1. The molecule has 19 heavy (non-hydrogen) atoms. The lowest BCUT2D eigenvalue weighted by Gasteiger charge is -2.26. The van der Waals surface area contributed by atoms with Gasteiger partial charge in [-0.2, -0.15) is 0 Å². The van der Waals surface area contributed by atoms with Crippen LogP contribution in [0.2, 0.25) is 0 Å². The fraction of sp³-hybridized carbons (Fsp3) is 0.455. The molecule has 104 valence electrons. The van der Waals surface area contributed by atoms with Crippen LogP contribution in [0.15, 0.2) is 23.5 Å². The largest absolute Gasteiger partial charge is 0.409 e. The van der Waals surface area contributed by atoms with Crippen LogP contribution in [0.3, 0.4) is 0 Å². The number of nitrogens with zero attached hydrogens (tertiary/aromatic N) is 3. The Labute approximate surface area is 111 Å². The van der Waals surface area contributed by atoms with Crippen molar-refractivity contribution in [2.75, 3.05) is 24.6 Å². The molecule has 3 N–H and O–H groups in total. The van der Waals surface area contributed by atoms with E-state index in [1.54, 1.807) is 12.3 Å². The van der Waals surface area contributed by atoms with E-state index < -0.39 is 9.84 Å². The van der Waals surface area contributed by atoms with Gasteiger partial charge in [0, 0.05) is 25.8 Å². The average molecular weight is 284 g/mol. The zero-order valence-corrected chi connectivity index (χ0v) is 11.2. The van der Waals surface area contributed by atoms with Gasteiger partial charge in [0.15, 0.2) is 15.7 Å². The van der Waals surface area contributed by atoms with Crippen molar-refractivity contribution in [2.45, 2.75) is 6.54 Å². The first-order valence-electron chi connectivity index (χ1n) is 5.86. The quantitative estimate of drug-likeness (QED) is 0.332. The van der Waals surface area contributed by atoms with Gasteiger partial charge in [-0.25, -0.2) is 8.42 Å². The van der Waals surface area contributed by atoms with Crippen molar-refractivity contribution in [3.8, 4) is 0 Å². The normalized spacial score (nSPS) is 20.3. The van der Waals surface area contributed by atoms with E-state index in [4.69, 9.17) is 10.9 Å². The molecule has 1 aromatic rings. The summed E-state index contributed by atoms with van der Waals surface area (Å²) in [7, 11) is -2.88. The van der Waals surface area contributed by atoms with E-state index in [1.807, 2.05) is 11.0 Å². The zero-order valence-electron chi connectivity index (χ0n) is 10.4. The predicted molar refractivity (Wildman–Crippen MR) is 70.7 cm³/mol. The first kappa shape index (κ1) is 13.8. The van der Waals surface area contributed by atoms with E-state index in [1.165, 1.54) is 0 Å². The van der Waals surface area contributed by atoms with Gasteiger partial charge >= 0.3 is 0 Å². The lowest BCUT2D eigenvalue weighted by Crippen LogP contribution is -2.40. The first-order valence-corrected chi connectivity index (χ1v) is 7.68. The molecular weight excluding hydrogens is 268 g/mol. The smallest absolute Gasteiger partial charge is 0.189 e. The highest BCUT2D eigenvalue weighted by atomic mass is 32.2. The van der Waals surface area contributed by atoms with Crippen molar-refractivity contribution < 1.29 is 13.6 Å². The highest BCUT2D eigenvalue weighted by molar-refractivity contribution is 7.91. The van der Waals surface area contributed by atoms with Crippen molar-refractivity contribution in [1.82, 2.24) is 9.88 Å². The summed E-state index contributed by atoms with van der Waals surface area (Å²) >= 11 is 0. The molecule has 0 atom stereocenters. The molecule has 1 aromatic heterocycles. The first-order chi connectivity index (χ1) is 9.02. The Kier molecular flexibility index (Phi) is 4.01. The number of hydrogen-bond donors (Lipinski definition) is 2. The second-order valence-corrected chi connectivity index (χ2v) is 6.73. The molecule has 7 nitrogen and oxygen atoms in total. The number of sulfone groups is 1. The fourth-order valence-corrected chi connectivity index (χ4v) is 3.27. The molecule has 1 aliphatic heterocycles. The Hall–Kier alpha value is -1.67. The molecule has 1 fully saturated rings. The van der Waals surface area contributed by atoms with Crippen LogP contribution in [0.1, 0.15) is 11.3 Å². The molecule has 0 aromatic carbocycles. The summed E-state index contributed by atoms with van der Waals surface area (Å²) in [6, 6.07) is 3.60. The van der Waals surface area contributed by atoms with Gasteiger partial charge in [0.1, 0.15) is 5.69 Å². The molecule has 8 heteroatoms. The van der Waals surface area contributed by atoms with Crippen molar-refractivity contribution >= 4 is 15.7 Å². The van der Waals surface area contributed by atoms with E-state index in [9.17, 15) is 8.42 Å². The number of hydrogen-bond acceptors (Lipinski definition) is 6. The van der Waals surface area contributed by atoms with Crippen LogP contribution < -0.4 is 5.73 Å². The number of nitrogens with two attached hydrogens (primary N) is 1. The molecule has 2 rings (SSSR count). The molecule has 0 unspecified atom stereocenters. The van der Waals surface area contributed by atoms with E-state index in [2.05, 4.69) is 10.1 Å². The SMILES string of the molecule is NC(=NO)c1ncccc1CN1CCS(=O)(=O)CC1. The van der Waals surface area contributed by atoms with Crippen LogP contribution in [0, 0.1) is 0 Å². The van der Waals surface area contributed by atoms with Crippen LogP contribution >= 0.6 is 0 Å². The number of oxime groups is 1. The van der Waals surface area contributed by atoms with Crippen molar-refractivity contribution in [3.05, 3.63) is 29.6 Å². The van der Waals surface area contributed by atoms with E-state index in [-0.39, 0.29) is 17.3 Å². The summed E-state index contributed by atoms with van der Waals surface area (Å²) in [5, 5.41) is 11.7. The predicted octanol–water partition coefficient (Wildman–Crippen LogP) is -0.594. The number of rotatable bonds is 3. The molecular formula is C11H16N4O3S. The lowest BCUT2D eigenvalue weighted by atomic mass is 10.1. The van der Waals surface area contributed by atoms with Crippen LogP contribution in [0.5, 0.6) is 0 Å². The number of pyridine rings is 1. The highest BCUT2D eigenvalue weighted by Crippen LogP contribution is 2.12. The third-order valence-corrected chi connectivity index (χ3v) is 4.68. The third kappa shape index (κ3) is 3.42. The highest BCUT2D eigenvalue weighted by Gasteiger charge is 2.22. The van der Waals surface area contributed by atoms with Crippen LogP contribution in [-0.2, 0) is 16.4 Å². The fourth-order valence-electron chi connectivity index (χ4n) is 1.99. The van der Waals surface area contributed by atoms with Gasteiger partial charge in [-0.15, -0.1) is 0 Å². The van der Waals surface area contributed by atoms with Crippen LogP contribution in [-0.4, -0.2) is 53.9 Å².